The average Bonchev–Trinajstić information content (AvgIpc) is 2.85. The highest BCUT2D eigenvalue weighted by molar-refractivity contribution is 7.92. The van der Waals surface area contributed by atoms with E-state index in [2.05, 4.69) is 24.7 Å². The maximum atomic E-state index is 12.1. The van der Waals surface area contributed by atoms with Gasteiger partial charge in [-0.2, -0.15) is 4.98 Å². The number of nitrogen functional groups attached to an aromatic ring is 3. The molecule has 12 nitrogen and oxygen atoms in total. The second-order valence-electron chi connectivity index (χ2n) is 8.15. The molecule has 7 N–H and O–H groups in total. The van der Waals surface area contributed by atoms with E-state index in [-0.39, 0.29) is 16.8 Å². The lowest BCUT2D eigenvalue weighted by atomic mass is 10.1. The van der Waals surface area contributed by atoms with Gasteiger partial charge in [-0.05, 0) is 61.9 Å². The Labute approximate surface area is 221 Å². The Morgan fingerprint density at radius 2 is 1.47 bits per heavy atom. The molecule has 0 aliphatic carbocycles. The van der Waals surface area contributed by atoms with E-state index in [4.69, 9.17) is 26.7 Å². The maximum absolute atomic E-state index is 12.1. The van der Waals surface area contributed by atoms with E-state index >= 15 is 0 Å². The molecule has 2 aromatic heterocycles. The van der Waals surface area contributed by atoms with Crippen LogP contribution >= 0.6 is 0 Å². The third-order valence-electron chi connectivity index (χ3n) is 5.16. The zero-order valence-electron chi connectivity index (χ0n) is 21.5. The molecular weight excluding hydrogens is 508 g/mol. The van der Waals surface area contributed by atoms with Crippen LogP contribution in [0.1, 0.15) is 22.5 Å². The summed E-state index contributed by atoms with van der Waals surface area (Å²) in [6.07, 6.45) is 2.24. The molecule has 0 aliphatic heterocycles. The molecular formula is C25H30N8O4S. The first kappa shape index (κ1) is 27.9. The Bertz CT molecular complexity index is 1490. The summed E-state index contributed by atoms with van der Waals surface area (Å²) >= 11 is 0. The molecule has 0 radical (unpaired) electrons. The Morgan fingerprint density at radius 1 is 0.842 bits per heavy atom. The predicted molar refractivity (Wildman–Crippen MR) is 146 cm³/mol. The largest absolute Gasteiger partial charge is 0.493 e. The lowest BCUT2D eigenvalue weighted by molar-refractivity contribution is 0.354. The van der Waals surface area contributed by atoms with Crippen molar-refractivity contribution in [1.82, 2.24) is 19.9 Å². The van der Waals surface area contributed by atoms with Gasteiger partial charge in [-0.15, -0.1) is 0 Å². The van der Waals surface area contributed by atoms with Gasteiger partial charge >= 0.3 is 0 Å². The standard InChI is InChI=1S/C13H16N4O2.C12H14N4O2S/c1-18-10-4-3-8(6-11(10)19-2)5-9-7-16-13(15)17-12(9)14;1-8-7-9(2)15-12(14-8)16-19(17,18)11-5-3-10(13)4-6-11/h3-4,6-7H,5H2,1-2H3,(H4,14,15,16,17);3-7H,13H2,1-2H3,(H,14,15,16). The monoisotopic (exact) mass is 538 g/mol. The van der Waals surface area contributed by atoms with Crippen molar-refractivity contribution in [3.63, 3.8) is 0 Å². The van der Waals surface area contributed by atoms with E-state index in [9.17, 15) is 8.42 Å². The number of nitrogens with one attached hydrogen (secondary N) is 1. The van der Waals surface area contributed by atoms with E-state index in [1.807, 2.05) is 18.2 Å². The third-order valence-corrected chi connectivity index (χ3v) is 6.50. The molecule has 4 aromatic rings. The van der Waals surface area contributed by atoms with Gasteiger partial charge in [0.25, 0.3) is 10.0 Å². The van der Waals surface area contributed by atoms with Crippen LogP contribution in [0.4, 0.5) is 23.4 Å². The second kappa shape index (κ2) is 12.1. The molecule has 0 spiro atoms. The van der Waals surface area contributed by atoms with Crippen molar-refractivity contribution < 1.29 is 17.9 Å². The highest BCUT2D eigenvalue weighted by atomic mass is 32.2. The first-order valence-electron chi connectivity index (χ1n) is 11.3. The molecule has 2 aromatic carbocycles. The molecule has 38 heavy (non-hydrogen) atoms. The van der Waals surface area contributed by atoms with Crippen LogP contribution in [-0.2, 0) is 16.4 Å². The van der Waals surface area contributed by atoms with E-state index in [0.29, 0.717) is 40.8 Å². The minimum atomic E-state index is -3.69. The second-order valence-corrected chi connectivity index (χ2v) is 9.84. The number of methoxy groups -OCH3 is 2. The summed E-state index contributed by atoms with van der Waals surface area (Å²) < 4.78 is 37.0. The van der Waals surface area contributed by atoms with Gasteiger partial charge in [0.05, 0.1) is 19.1 Å². The molecule has 0 amide bonds. The van der Waals surface area contributed by atoms with Crippen LogP contribution in [-0.4, -0.2) is 42.6 Å². The topological polar surface area (TPSA) is 194 Å². The number of sulfonamides is 1. The number of aromatic nitrogens is 4. The number of ether oxygens (including phenoxy) is 2. The molecule has 0 bridgehead atoms. The smallest absolute Gasteiger partial charge is 0.264 e. The average molecular weight is 539 g/mol. The molecule has 2 heterocycles. The van der Waals surface area contributed by atoms with E-state index in [1.54, 1.807) is 40.3 Å². The van der Waals surface area contributed by atoms with Gasteiger partial charge in [0.1, 0.15) is 5.82 Å². The number of hydrogen-bond acceptors (Lipinski definition) is 11. The first-order chi connectivity index (χ1) is 18.0. The first-order valence-corrected chi connectivity index (χ1v) is 12.8. The minimum Gasteiger partial charge on any atom is -0.493 e. The normalized spacial score (nSPS) is 10.7. The fourth-order valence-corrected chi connectivity index (χ4v) is 4.32. The summed E-state index contributed by atoms with van der Waals surface area (Å²) in [5.74, 6) is 1.99. The van der Waals surface area contributed by atoms with Crippen LogP contribution in [0, 0.1) is 13.8 Å². The van der Waals surface area contributed by atoms with Crippen molar-refractivity contribution >= 4 is 33.4 Å². The Kier molecular flexibility index (Phi) is 8.86. The zero-order valence-corrected chi connectivity index (χ0v) is 22.3. The molecule has 0 saturated carbocycles. The fourth-order valence-electron chi connectivity index (χ4n) is 3.38. The van der Waals surface area contributed by atoms with Crippen molar-refractivity contribution in [2.24, 2.45) is 0 Å². The van der Waals surface area contributed by atoms with E-state index in [1.165, 1.54) is 24.3 Å². The van der Waals surface area contributed by atoms with Crippen molar-refractivity contribution in [1.29, 1.82) is 0 Å². The van der Waals surface area contributed by atoms with Crippen LogP contribution in [0.15, 0.2) is 59.6 Å². The quantitative estimate of drug-likeness (QED) is 0.253. The van der Waals surface area contributed by atoms with Crippen molar-refractivity contribution in [2.45, 2.75) is 25.2 Å². The van der Waals surface area contributed by atoms with Gasteiger partial charge in [-0.3, -0.25) is 0 Å². The Morgan fingerprint density at radius 3 is 2.05 bits per heavy atom. The number of aryl methyl sites for hydroxylation is 2. The SMILES string of the molecule is COc1ccc(Cc2cnc(N)nc2N)cc1OC.Cc1cc(C)nc(NS(=O)(=O)c2ccc(N)cc2)n1. The van der Waals surface area contributed by atoms with E-state index < -0.39 is 10.0 Å². The summed E-state index contributed by atoms with van der Waals surface area (Å²) in [5.41, 5.74) is 20.5. The summed E-state index contributed by atoms with van der Waals surface area (Å²) in [6.45, 7) is 3.55. The minimum absolute atomic E-state index is 0.0642. The zero-order chi connectivity index (χ0) is 27.9. The van der Waals surface area contributed by atoms with Crippen LogP contribution in [0.3, 0.4) is 0 Å². The van der Waals surface area contributed by atoms with Crippen LogP contribution in [0.25, 0.3) is 0 Å². The van der Waals surface area contributed by atoms with E-state index in [0.717, 1.165) is 11.1 Å². The summed E-state index contributed by atoms with van der Waals surface area (Å²) in [7, 11) is -0.494. The maximum Gasteiger partial charge on any atom is 0.264 e. The molecule has 0 atom stereocenters. The van der Waals surface area contributed by atoms with Gasteiger partial charge in [-0.25, -0.2) is 28.1 Å². The Balaban J connectivity index is 0.000000211. The lowest BCUT2D eigenvalue weighted by Crippen LogP contribution is -2.15. The summed E-state index contributed by atoms with van der Waals surface area (Å²) in [5, 5.41) is 0. The number of nitrogens with zero attached hydrogens (tertiary/aromatic N) is 4. The van der Waals surface area contributed by atoms with Crippen LogP contribution < -0.4 is 31.4 Å². The highest BCUT2D eigenvalue weighted by Crippen LogP contribution is 2.29. The number of anilines is 4. The highest BCUT2D eigenvalue weighted by Gasteiger charge is 2.15. The van der Waals surface area contributed by atoms with Gasteiger partial charge in [0, 0.05) is 35.3 Å². The predicted octanol–water partition coefficient (Wildman–Crippen LogP) is 2.73. The summed E-state index contributed by atoms with van der Waals surface area (Å²) in [4.78, 5) is 16.1. The molecule has 0 aliphatic rings. The molecule has 13 heteroatoms. The number of nitrogens with two attached hydrogens (primary N) is 3. The number of hydrogen-bond donors (Lipinski definition) is 4. The van der Waals surface area contributed by atoms with Gasteiger partial charge < -0.3 is 26.7 Å². The van der Waals surface area contributed by atoms with Gasteiger partial charge in [0.15, 0.2) is 11.5 Å². The molecule has 200 valence electrons. The molecule has 0 unspecified atom stereocenters. The van der Waals surface area contributed by atoms with Crippen LogP contribution in [0.2, 0.25) is 0 Å². The van der Waals surface area contributed by atoms with Gasteiger partial charge in [0.2, 0.25) is 11.9 Å². The van der Waals surface area contributed by atoms with Crippen molar-refractivity contribution in [3.05, 3.63) is 77.2 Å². The Hall–Kier alpha value is -4.65. The van der Waals surface area contributed by atoms with Crippen LogP contribution in [0.5, 0.6) is 11.5 Å². The third kappa shape index (κ3) is 7.43. The molecule has 0 fully saturated rings. The number of rotatable bonds is 7. The van der Waals surface area contributed by atoms with Crippen molar-refractivity contribution in [2.75, 3.05) is 36.1 Å². The van der Waals surface area contributed by atoms with Crippen molar-refractivity contribution in [3.8, 4) is 11.5 Å². The fraction of sp³-hybridized carbons (Fsp3) is 0.200. The number of benzene rings is 2. The van der Waals surface area contributed by atoms with Gasteiger partial charge in [-0.1, -0.05) is 6.07 Å². The molecule has 0 saturated heterocycles. The summed E-state index contributed by atoms with van der Waals surface area (Å²) in [6, 6.07) is 13.4. The molecule has 4 rings (SSSR count). The lowest BCUT2D eigenvalue weighted by Gasteiger charge is -2.10.